The van der Waals surface area contributed by atoms with Crippen LogP contribution in [-0.2, 0) is 4.79 Å². The predicted octanol–water partition coefficient (Wildman–Crippen LogP) is 4.57. The number of carbonyl (C=O) groups excluding carboxylic acids is 1. The van der Waals surface area contributed by atoms with Gasteiger partial charge in [-0.2, -0.15) is 0 Å². The van der Waals surface area contributed by atoms with Crippen LogP contribution in [0.5, 0.6) is 5.75 Å². The van der Waals surface area contributed by atoms with E-state index >= 15 is 0 Å². The van der Waals surface area contributed by atoms with Crippen LogP contribution >= 0.6 is 23.2 Å². The van der Waals surface area contributed by atoms with Gasteiger partial charge >= 0.3 is 0 Å². The fourth-order valence-electron chi connectivity index (χ4n) is 3.69. The van der Waals surface area contributed by atoms with Crippen molar-refractivity contribution in [3.63, 3.8) is 0 Å². The van der Waals surface area contributed by atoms with Gasteiger partial charge in [0.2, 0.25) is 5.91 Å². The summed E-state index contributed by atoms with van der Waals surface area (Å²) < 4.78 is 0. The molecule has 0 saturated carbocycles. The highest BCUT2D eigenvalue weighted by Crippen LogP contribution is 2.30. The van der Waals surface area contributed by atoms with Crippen molar-refractivity contribution in [2.24, 2.45) is 0 Å². The first kappa shape index (κ1) is 20.5. The fourth-order valence-corrected chi connectivity index (χ4v) is 3.94. The van der Waals surface area contributed by atoms with Crippen LogP contribution in [0.15, 0.2) is 66.9 Å². The molecule has 2 aromatic carbocycles. The Balaban J connectivity index is 1.54. The number of pyridine rings is 1. The van der Waals surface area contributed by atoms with Crippen molar-refractivity contribution in [1.82, 2.24) is 9.88 Å². The Kier molecular flexibility index (Phi) is 6.11. The number of carbonyl (C=O) groups is 1. The van der Waals surface area contributed by atoms with E-state index in [0.29, 0.717) is 36.2 Å². The lowest BCUT2D eigenvalue weighted by molar-refractivity contribution is -0.132. The summed E-state index contributed by atoms with van der Waals surface area (Å²) in [7, 11) is 0. The third-order valence-corrected chi connectivity index (χ3v) is 5.81. The van der Waals surface area contributed by atoms with Gasteiger partial charge in [0.05, 0.1) is 12.1 Å². The van der Waals surface area contributed by atoms with Crippen LogP contribution in [0, 0.1) is 0 Å². The smallest absolute Gasteiger partial charge is 0.234 e. The maximum absolute atomic E-state index is 13.5. The standard InChI is InChI=1S/C23H21Cl2N3O2/c24-18-5-1-16(2-6-18)22(17-3-7-19(25)8-4-17)23(30)28-13-11-27(12-14-28)21-10-9-20(29)15-26-21/h1-10,15,22,29H,11-14H2. The highest BCUT2D eigenvalue weighted by molar-refractivity contribution is 6.30. The maximum Gasteiger partial charge on any atom is 0.234 e. The van der Waals surface area contributed by atoms with Gasteiger partial charge < -0.3 is 14.9 Å². The first-order valence-corrected chi connectivity index (χ1v) is 10.5. The number of aromatic nitrogens is 1. The minimum absolute atomic E-state index is 0.0537. The summed E-state index contributed by atoms with van der Waals surface area (Å²) >= 11 is 12.1. The molecule has 1 aliphatic rings. The number of aromatic hydroxyl groups is 1. The second-order valence-corrected chi connectivity index (χ2v) is 8.10. The Morgan fingerprint density at radius 3 is 1.83 bits per heavy atom. The molecule has 0 atom stereocenters. The summed E-state index contributed by atoms with van der Waals surface area (Å²) in [5.74, 6) is 0.573. The predicted molar refractivity (Wildman–Crippen MR) is 119 cm³/mol. The number of anilines is 1. The molecule has 154 valence electrons. The van der Waals surface area contributed by atoms with Gasteiger partial charge in [-0.05, 0) is 47.5 Å². The van der Waals surface area contributed by atoms with Crippen molar-refractivity contribution in [3.05, 3.63) is 88.0 Å². The summed E-state index contributed by atoms with van der Waals surface area (Å²) in [6.45, 7) is 2.55. The second-order valence-electron chi connectivity index (χ2n) is 7.22. The topological polar surface area (TPSA) is 56.7 Å². The Morgan fingerprint density at radius 1 is 0.833 bits per heavy atom. The van der Waals surface area contributed by atoms with E-state index in [1.165, 1.54) is 6.20 Å². The summed E-state index contributed by atoms with van der Waals surface area (Å²) in [5.41, 5.74) is 1.80. The molecule has 0 unspecified atom stereocenters. The Hall–Kier alpha value is -2.76. The van der Waals surface area contributed by atoms with E-state index in [9.17, 15) is 9.90 Å². The van der Waals surface area contributed by atoms with Crippen molar-refractivity contribution < 1.29 is 9.90 Å². The van der Waals surface area contributed by atoms with Gasteiger partial charge in [0, 0.05) is 36.2 Å². The van der Waals surface area contributed by atoms with E-state index in [0.717, 1.165) is 16.9 Å². The summed E-state index contributed by atoms with van der Waals surface area (Å²) in [6, 6.07) is 18.2. The van der Waals surface area contributed by atoms with Crippen molar-refractivity contribution in [1.29, 1.82) is 0 Å². The Morgan fingerprint density at radius 2 is 1.37 bits per heavy atom. The van der Waals surface area contributed by atoms with Gasteiger partial charge in [-0.25, -0.2) is 4.98 Å². The first-order chi connectivity index (χ1) is 14.5. The average molecular weight is 442 g/mol. The molecule has 3 aromatic rings. The molecule has 30 heavy (non-hydrogen) atoms. The molecule has 0 bridgehead atoms. The van der Waals surface area contributed by atoms with Gasteiger partial charge in [-0.1, -0.05) is 47.5 Å². The third-order valence-electron chi connectivity index (χ3n) is 5.30. The zero-order valence-electron chi connectivity index (χ0n) is 16.2. The monoisotopic (exact) mass is 441 g/mol. The fraction of sp³-hybridized carbons (Fsp3) is 0.217. The maximum atomic E-state index is 13.5. The molecule has 1 saturated heterocycles. The number of benzene rings is 2. The number of halogens is 2. The van der Waals surface area contributed by atoms with Crippen LogP contribution in [0.25, 0.3) is 0 Å². The Bertz CT molecular complexity index is 955. The molecule has 0 radical (unpaired) electrons. The molecule has 5 nitrogen and oxygen atoms in total. The van der Waals surface area contributed by atoms with Crippen LogP contribution in [0.1, 0.15) is 17.0 Å². The molecule has 4 rings (SSSR count). The number of piperazine rings is 1. The van der Waals surface area contributed by atoms with Gasteiger partial charge in [0.25, 0.3) is 0 Å². The molecule has 1 N–H and O–H groups in total. The number of hydrogen-bond donors (Lipinski definition) is 1. The third kappa shape index (κ3) is 4.53. The van der Waals surface area contributed by atoms with Crippen molar-refractivity contribution in [3.8, 4) is 5.75 Å². The lowest BCUT2D eigenvalue weighted by Crippen LogP contribution is -2.50. The minimum atomic E-state index is -0.419. The van der Waals surface area contributed by atoms with Gasteiger partial charge in [0.15, 0.2) is 0 Å². The molecule has 1 amide bonds. The highest BCUT2D eigenvalue weighted by Gasteiger charge is 2.30. The van der Waals surface area contributed by atoms with E-state index in [1.54, 1.807) is 12.1 Å². The van der Waals surface area contributed by atoms with E-state index in [-0.39, 0.29) is 11.7 Å². The average Bonchev–Trinajstić information content (AvgIpc) is 2.77. The number of amides is 1. The highest BCUT2D eigenvalue weighted by atomic mass is 35.5. The molecular formula is C23H21Cl2N3O2. The summed E-state index contributed by atoms with van der Waals surface area (Å²) in [6.07, 6.45) is 1.43. The van der Waals surface area contributed by atoms with Crippen molar-refractivity contribution >= 4 is 34.9 Å². The normalized spacial score (nSPS) is 14.2. The van der Waals surface area contributed by atoms with Gasteiger partial charge in [-0.15, -0.1) is 0 Å². The first-order valence-electron chi connectivity index (χ1n) is 9.71. The molecule has 1 aliphatic heterocycles. The molecule has 2 heterocycles. The van der Waals surface area contributed by atoms with Crippen LogP contribution < -0.4 is 4.90 Å². The molecule has 0 aliphatic carbocycles. The minimum Gasteiger partial charge on any atom is -0.506 e. The van der Waals surface area contributed by atoms with Crippen LogP contribution in [0.3, 0.4) is 0 Å². The van der Waals surface area contributed by atoms with Crippen molar-refractivity contribution in [2.45, 2.75) is 5.92 Å². The molecule has 1 aromatic heterocycles. The van der Waals surface area contributed by atoms with Gasteiger partial charge in [-0.3, -0.25) is 4.79 Å². The zero-order chi connectivity index (χ0) is 21.1. The number of rotatable bonds is 4. The second kappa shape index (κ2) is 8.94. The Labute approximate surface area is 185 Å². The molecule has 0 spiro atoms. The number of hydrogen-bond acceptors (Lipinski definition) is 4. The van der Waals surface area contributed by atoms with Crippen LogP contribution in [-0.4, -0.2) is 47.1 Å². The lowest BCUT2D eigenvalue weighted by atomic mass is 9.90. The zero-order valence-corrected chi connectivity index (χ0v) is 17.7. The van der Waals surface area contributed by atoms with Crippen LogP contribution in [0.2, 0.25) is 10.0 Å². The molecule has 7 heteroatoms. The molecule has 1 fully saturated rings. The van der Waals surface area contributed by atoms with Crippen LogP contribution in [0.4, 0.5) is 5.82 Å². The van der Waals surface area contributed by atoms with Crippen molar-refractivity contribution in [2.75, 3.05) is 31.1 Å². The van der Waals surface area contributed by atoms with E-state index in [2.05, 4.69) is 9.88 Å². The number of nitrogens with zero attached hydrogens (tertiary/aromatic N) is 3. The lowest BCUT2D eigenvalue weighted by Gasteiger charge is -2.37. The quantitative estimate of drug-likeness (QED) is 0.643. The summed E-state index contributed by atoms with van der Waals surface area (Å²) in [5, 5.41) is 10.7. The van der Waals surface area contributed by atoms with E-state index < -0.39 is 5.92 Å². The van der Waals surface area contributed by atoms with Gasteiger partial charge in [0.1, 0.15) is 11.6 Å². The summed E-state index contributed by atoms with van der Waals surface area (Å²) in [4.78, 5) is 21.8. The SMILES string of the molecule is O=C(C(c1ccc(Cl)cc1)c1ccc(Cl)cc1)N1CCN(c2ccc(O)cn2)CC1. The van der Waals surface area contributed by atoms with E-state index in [4.69, 9.17) is 23.2 Å². The molecular weight excluding hydrogens is 421 g/mol. The largest absolute Gasteiger partial charge is 0.506 e. The van der Waals surface area contributed by atoms with E-state index in [1.807, 2.05) is 53.4 Å².